The van der Waals surface area contributed by atoms with Crippen LogP contribution in [0.3, 0.4) is 0 Å². The standard InChI is InChI=1S/C8H13NO/c1-6-5-9-7(2)4-8(6)10-3/h4,6H,5H2,1-3H3. The van der Waals surface area contributed by atoms with Crippen molar-refractivity contribution in [2.24, 2.45) is 10.9 Å². The third kappa shape index (κ3) is 1.38. The molecule has 1 atom stereocenters. The fourth-order valence-corrected chi connectivity index (χ4v) is 1.02. The van der Waals surface area contributed by atoms with Crippen LogP contribution in [-0.2, 0) is 4.74 Å². The quantitative estimate of drug-likeness (QED) is 0.541. The van der Waals surface area contributed by atoms with Crippen LogP contribution in [0, 0.1) is 5.92 Å². The predicted molar refractivity (Wildman–Crippen MR) is 42.2 cm³/mol. The second-order valence-electron chi connectivity index (χ2n) is 2.63. The largest absolute Gasteiger partial charge is 0.501 e. The molecule has 10 heavy (non-hydrogen) atoms. The van der Waals surface area contributed by atoms with Gasteiger partial charge in [-0.25, -0.2) is 0 Å². The van der Waals surface area contributed by atoms with Crippen LogP contribution in [0.5, 0.6) is 0 Å². The molecule has 2 heteroatoms. The smallest absolute Gasteiger partial charge is 0.102 e. The highest BCUT2D eigenvalue weighted by Gasteiger charge is 2.12. The summed E-state index contributed by atoms with van der Waals surface area (Å²) in [6.45, 7) is 4.97. The van der Waals surface area contributed by atoms with Crippen LogP contribution in [0.1, 0.15) is 13.8 Å². The Morgan fingerprint density at radius 3 is 2.90 bits per heavy atom. The number of dihydropyridines is 1. The molecular formula is C8H13NO. The van der Waals surface area contributed by atoms with Gasteiger partial charge in [0.05, 0.1) is 7.11 Å². The van der Waals surface area contributed by atoms with E-state index in [0.717, 1.165) is 18.0 Å². The van der Waals surface area contributed by atoms with Crippen LogP contribution in [0.2, 0.25) is 0 Å². The zero-order chi connectivity index (χ0) is 7.56. The predicted octanol–water partition coefficient (Wildman–Crippen LogP) is 1.63. The zero-order valence-corrected chi connectivity index (χ0v) is 6.72. The van der Waals surface area contributed by atoms with Gasteiger partial charge in [-0.3, -0.25) is 4.99 Å². The summed E-state index contributed by atoms with van der Waals surface area (Å²) in [6, 6.07) is 0. The van der Waals surface area contributed by atoms with E-state index < -0.39 is 0 Å². The number of hydrogen-bond acceptors (Lipinski definition) is 2. The Labute approximate surface area is 61.6 Å². The first-order chi connectivity index (χ1) is 4.74. The van der Waals surface area contributed by atoms with Crippen molar-refractivity contribution in [2.75, 3.05) is 13.7 Å². The third-order valence-corrected chi connectivity index (χ3v) is 1.69. The Hall–Kier alpha value is -0.790. The number of aliphatic imine (C=N–C) groups is 1. The molecule has 1 heterocycles. The van der Waals surface area contributed by atoms with Crippen LogP contribution >= 0.6 is 0 Å². The lowest BCUT2D eigenvalue weighted by atomic mass is 10.1. The van der Waals surface area contributed by atoms with Crippen LogP contribution in [0.4, 0.5) is 0 Å². The maximum absolute atomic E-state index is 5.15. The van der Waals surface area contributed by atoms with Gasteiger partial charge in [0.15, 0.2) is 0 Å². The Balaban J connectivity index is 2.73. The number of methoxy groups -OCH3 is 1. The minimum absolute atomic E-state index is 0.452. The molecule has 1 unspecified atom stereocenters. The average Bonchev–Trinajstić information content (AvgIpc) is 1.94. The van der Waals surface area contributed by atoms with Crippen LogP contribution in [0.15, 0.2) is 16.8 Å². The number of rotatable bonds is 1. The van der Waals surface area contributed by atoms with Gasteiger partial charge in [0.2, 0.25) is 0 Å². The molecule has 1 aliphatic heterocycles. The van der Waals surface area contributed by atoms with E-state index >= 15 is 0 Å². The lowest BCUT2D eigenvalue weighted by Crippen LogP contribution is -2.12. The zero-order valence-electron chi connectivity index (χ0n) is 6.72. The molecule has 0 bridgehead atoms. The molecule has 2 nitrogen and oxygen atoms in total. The molecule has 0 radical (unpaired) electrons. The summed E-state index contributed by atoms with van der Waals surface area (Å²) >= 11 is 0. The lowest BCUT2D eigenvalue weighted by Gasteiger charge is -2.16. The number of hydrogen-bond donors (Lipinski definition) is 0. The summed E-state index contributed by atoms with van der Waals surface area (Å²) in [5.41, 5.74) is 1.06. The Morgan fingerprint density at radius 2 is 2.40 bits per heavy atom. The maximum atomic E-state index is 5.15. The molecule has 0 aliphatic carbocycles. The Bertz CT molecular complexity index is 182. The van der Waals surface area contributed by atoms with Crippen molar-refractivity contribution in [2.45, 2.75) is 13.8 Å². The van der Waals surface area contributed by atoms with Gasteiger partial charge in [0.25, 0.3) is 0 Å². The van der Waals surface area contributed by atoms with E-state index in [1.54, 1.807) is 7.11 Å². The molecule has 0 saturated carbocycles. The number of ether oxygens (including phenoxy) is 1. The summed E-state index contributed by atoms with van der Waals surface area (Å²) in [5, 5.41) is 0. The topological polar surface area (TPSA) is 21.6 Å². The molecule has 0 aromatic heterocycles. The van der Waals surface area contributed by atoms with E-state index in [9.17, 15) is 0 Å². The van der Waals surface area contributed by atoms with Gasteiger partial charge >= 0.3 is 0 Å². The van der Waals surface area contributed by atoms with Gasteiger partial charge in [-0.1, -0.05) is 6.92 Å². The molecular weight excluding hydrogens is 126 g/mol. The SMILES string of the molecule is COC1=CC(C)=NCC1C. The molecule has 0 fully saturated rings. The monoisotopic (exact) mass is 139 g/mol. The molecule has 1 rings (SSSR count). The summed E-state index contributed by atoms with van der Waals surface area (Å²) < 4.78 is 5.15. The van der Waals surface area contributed by atoms with Crippen LogP contribution < -0.4 is 0 Å². The molecule has 0 N–H and O–H groups in total. The summed E-state index contributed by atoms with van der Waals surface area (Å²) in [5.74, 6) is 1.50. The second kappa shape index (κ2) is 2.86. The molecule has 56 valence electrons. The minimum Gasteiger partial charge on any atom is -0.501 e. The molecule has 0 spiro atoms. The summed E-state index contributed by atoms with van der Waals surface area (Å²) in [4.78, 5) is 4.27. The van der Waals surface area contributed by atoms with Crippen molar-refractivity contribution in [3.05, 3.63) is 11.8 Å². The fraction of sp³-hybridized carbons (Fsp3) is 0.625. The Morgan fingerprint density at radius 1 is 1.70 bits per heavy atom. The van der Waals surface area contributed by atoms with Gasteiger partial charge in [-0.05, 0) is 13.0 Å². The van der Waals surface area contributed by atoms with Crippen molar-refractivity contribution < 1.29 is 4.74 Å². The summed E-state index contributed by atoms with van der Waals surface area (Å²) in [6.07, 6.45) is 1.99. The van der Waals surface area contributed by atoms with Gasteiger partial charge in [0.1, 0.15) is 5.76 Å². The van der Waals surface area contributed by atoms with Crippen LogP contribution in [0.25, 0.3) is 0 Å². The summed E-state index contributed by atoms with van der Waals surface area (Å²) in [7, 11) is 1.71. The molecule has 0 aromatic rings. The fourth-order valence-electron chi connectivity index (χ4n) is 1.02. The molecule has 0 amide bonds. The van der Waals surface area contributed by atoms with Crippen molar-refractivity contribution in [1.82, 2.24) is 0 Å². The lowest BCUT2D eigenvalue weighted by molar-refractivity contribution is 0.248. The van der Waals surface area contributed by atoms with E-state index in [1.807, 2.05) is 13.0 Å². The first kappa shape index (κ1) is 7.32. The third-order valence-electron chi connectivity index (χ3n) is 1.69. The Kier molecular flexibility index (Phi) is 2.10. The van der Waals surface area contributed by atoms with E-state index in [1.165, 1.54) is 0 Å². The second-order valence-corrected chi connectivity index (χ2v) is 2.63. The van der Waals surface area contributed by atoms with E-state index in [4.69, 9.17) is 4.74 Å². The first-order valence-electron chi connectivity index (χ1n) is 3.50. The number of allylic oxidation sites excluding steroid dienone is 1. The van der Waals surface area contributed by atoms with E-state index in [0.29, 0.717) is 5.92 Å². The number of nitrogens with zero attached hydrogens (tertiary/aromatic N) is 1. The van der Waals surface area contributed by atoms with Gasteiger partial charge < -0.3 is 4.74 Å². The maximum Gasteiger partial charge on any atom is 0.102 e. The van der Waals surface area contributed by atoms with Crippen molar-refractivity contribution >= 4 is 5.71 Å². The van der Waals surface area contributed by atoms with E-state index in [2.05, 4.69) is 11.9 Å². The van der Waals surface area contributed by atoms with Crippen molar-refractivity contribution in [3.63, 3.8) is 0 Å². The van der Waals surface area contributed by atoms with Gasteiger partial charge in [-0.2, -0.15) is 0 Å². The van der Waals surface area contributed by atoms with Crippen molar-refractivity contribution in [3.8, 4) is 0 Å². The highest BCUT2D eigenvalue weighted by Crippen LogP contribution is 2.15. The highest BCUT2D eigenvalue weighted by atomic mass is 16.5. The molecule has 1 aliphatic rings. The first-order valence-corrected chi connectivity index (χ1v) is 3.50. The molecule has 0 saturated heterocycles. The normalized spacial score (nSPS) is 25.3. The highest BCUT2D eigenvalue weighted by molar-refractivity contribution is 5.93. The van der Waals surface area contributed by atoms with E-state index in [-0.39, 0.29) is 0 Å². The minimum atomic E-state index is 0.452. The van der Waals surface area contributed by atoms with Gasteiger partial charge in [-0.15, -0.1) is 0 Å². The average molecular weight is 139 g/mol. The van der Waals surface area contributed by atoms with Gasteiger partial charge in [0, 0.05) is 18.2 Å². The van der Waals surface area contributed by atoms with Crippen molar-refractivity contribution in [1.29, 1.82) is 0 Å². The molecule has 0 aromatic carbocycles. The van der Waals surface area contributed by atoms with Crippen LogP contribution in [-0.4, -0.2) is 19.4 Å².